The normalized spacial score (nSPS) is 10.0. The van der Waals surface area contributed by atoms with Gasteiger partial charge in [-0.15, -0.1) is 0 Å². The highest BCUT2D eigenvalue weighted by molar-refractivity contribution is 9.10. The molecule has 0 radical (unpaired) electrons. The molecule has 5 nitrogen and oxygen atoms in total. The van der Waals surface area contributed by atoms with Gasteiger partial charge in [0.1, 0.15) is 5.69 Å². The largest absolute Gasteiger partial charge is 0.347 e. The van der Waals surface area contributed by atoms with Gasteiger partial charge in [-0.2, -0.15) is 0 Å². The number of anilines is 1. The van der Waals surface area contributed by atoms with E-state index in [2.05, 4.69) is 31.7 Å². The molecule has 0 unspecified atom stereocenters. The van der Waals surface area contributed by atoms with Gasteiger partial charge in [0.05, 0.1) is 11.9 Å². The fourth-order valence-corrected chi connectivity index (χ4v) is 1.75. The van der Waals surface area contributed by atoms with Crippen LogP contribution in [0.25, 0.3) is 0 Å². The molecule has 0 bridgehead atoms. The molecule has 0 spiro atoms. The number of hydrazine groups is 1. The Morgan fingerprint density at radius 2 is 1.95 bits per heavy atom. The third kappa shape index (κ3) is 3.77. The molecule has 0 aliphatic carbocycles. The monoisotopic (exact) mass is 320 g/mol. The highest BCUT2D eigenvalue weighted by atomic mass is 79.9. The number of aromatic nitrogens is 1. The predicted molar refractivity (Wildman–Crippen MR) is 77.4 cm³/mol. The van der Waals surface area contributed by atoms with E-state index in [9.17, 15) is 4.79 Å². The molecule has 0 atom stereocenters. The van der Waals surface area contributed by atoms with E-state index in [-0.39, 0.29) is 5.91 Å². The Labute approximate surface area is 119 Å². The van der Waals surface area contributed by atoms with Crippen LogP contribution in [-0.4, -0.2) is 10.9 Å². The van der Waals surface area contributed by atoms with Gasteiger partial charge < -0.3 is 10.7 Å². The zero-order valence-electron chi connectivity index (χ0n) is 10.1. The van der Waals surface area contributed by atoms with Gasteiger partial charge in [0.2, 0.25) is 0 Å². The average Bonchev–Trinajstić information content (AvgIpc) is 2.46. The number of nitrogens with one attached hydrogen (secondary N) is 2. The molecule has 98 valence electrons. The van der Waals surface area contributed by atoms with E-state index in [0.29, 0.717) is 17.9 Å². The van der Waals surface area contributed by atoms with Crippen LogP contribution < -0.4 is 16.6 Å². The van der Waals surface area contributed by atoms with Crippen LogP contribution in [0.15, 0.2) is 47.1 Å². The van der Waals surface area contributed by atoms with Crippen molar-refractivity contribution in [2.24, 2.45) is 5.84 Å². The molecule has 2 aromatic rings. The Balaban J connectivity index is 1.95. The molecule has 19 heavy (non-hydrogen) atoms. The van der Waals surface area contributed by atoms with Crippen molar-refractivity contribution in [3.8, 4) is 0 Å². The number of halogens is 1. The van der Waals surface area contributed by atoms with Crippen LogP contribution in [0, 0.1) is 0 Å². The molecule has 0 fully saturated rings. The van der Waals surface area contributed by atoms with E-state index in [1.54, 1.807) is 12.1 Å². The van der Waals surface area contributed by atoms with Gasteiger partial charge in [-0.25, -0.2) is 4.98 Å². The van der Waals surface area contributed by atoms with E-state index in [1.807, 2.05) is 24.3 Å². The number of pyridine rings is 1. The minimum absolute atomic E-state index is 0.216. The molecule has 0 saturated heterocycles. The van der Waals surface area contributed by atoms with Gasteiger partial charge in [0, 0.05) is 11.0 Å². The molecular weight excluding hydrogens is 308 g/mol. The lowest BCUT2D eigenvalue weighted by Crippen LogP contribution is -2.23. The number of benzene rings is 1. The smallest absolute Gasteiger partial charge is 0.270 e. The van der Waals surface area contributed by atoms with Gasteiger partial charge in [-0.1, -0.05) is 28.1 Å². The average molecular weight is 321 g/mol. The summed E-state index contributed by atoms with van der Waals surface area (Å²) >= 11 is 3.36. The Morgan fingerprint density at radius 3 is 2.53 bits per heavy atom. The Hall–Kier alpha value is -1.92. The van der Waals surface area contributed by atoms with Crippen molar-refractivity contribution in [3.63, 3.8) is 0 Å². The molecular formula is C13H13BrN4O. The highest BCUT2D eigenvalue weighted by Crippen LogP contribution is 2.10. The quantitative estimate of drug-likeness (QED) is 0.595. The second kappa shape index (κ2) is 6.31. The minimum atomic E-state index is -0.216. The van der Waals surface area contributed by atoms with Crippen molar-refractivity contribution in [2.45, 2.75) is 6.54 Å². The Morgan fingerprint density at radius 1 is 1.21 bits per heavy atom. The highest BCUT2D eigenvalue weighted by Gasteiger charge is 2.06. The number of carbonyl (C=O) groups excluding carboxylic acids is 1. The van der Waals surface area contributed by atoms with Crippen LogP contribution in [0.1, 0.15) is 16.1 Å². The Bertz CT molecular complexity index is 554. The number of nitrogens with two attached hydrogens (primary N) is 1. The van der Waals surface area contributed by atoms with Crippen molar-refractivity contribution >= 4 is 27.5 Å². The molecule has 1 aromatic carbocycles. The minimum Gasteiger partial charge on any atom is -0.347 e. The van der Waals surface area contributed by atoms with E-state index in [4.69, 9.17) is 5.84 Å². The number of carbonyl (C=O) groups is 1. The second-order valence-electron chi connectivity index (χ2n) is 3.89. The van der Waals surface area contributed by atoms with Crippen molar-refractivity contribution in [2.75, 3.05) is 5.43 Å². The van der Waals surface area contributed by atoms with Crippen LogP contribution in [0.4, 0.5) is 5.69 Å². The van der Waals surface area contributed by atoms with Gasteiger partial charge >= 0.3 is 0 Å². The van der Waals surface area contributed by atoms with Crippen LogP contribution in [0.2, 0.25) is 0 Å². The first-order valence-electron chi connectivity index (χ1n) is 5.64. The van der Waals surface area contributed by atoms with Crippen molar-refractivity contribution < 1.29 is 4.79 Å². The summed E-state index contributed by atoms with van der Waals surface area (Å²) < 4.78 is 1.01. The number of nitrogens with zero attached hydrogens (tertiary/aromatic N) is 1. The first kappa shape index (κ1) is 13.5. The van der Waals surface area contributed by atoms with E-state index < -0.39 is 0 Å². The lowest BCUT2D eigenvalue weighted by atomic mass is 10.2. The number of amides is 1. The summed E-state index contributed by atoms with van der Waals surface area (Å²) in [4.78, 5) is 15.9. The van der Waals surface area contributed by atoms with Gasteiger partial charge in [-0.05, 0) is 29.8 Å². The predicted octanol–water partition coefficient (Wildman–Crippen LogP) is 2.06. The molecule has 0 aliphatic heterocycles. The van der Waals surface area contributed by atoms with Gasteiger partial charge in [-0.3, -0.25) is 10.6 Å². The summed E-state index contributed by atoms with van der Waals surface area (Å²) in [6.45, 7) is 0.463. The summed E-state index contributed by atoms with van der Waals surface area (Å²) in [5.74, 6) is 5.01. The fourth-order valence-electron chi connectivity index (χ4n) is 1.49. The topological polar surface area (TPSA) is 80.0 Å². The lowest BCUT2D eigenvalue weighted by Gasteiger charge is -2.05. The molecule has 1 heterocycles. The van der Waals surface area contributed by atoms with Crippen LogP contribution in [0.5, 0.6) is 0 Å². The molecule has 1 aromatic heterocycles. The second-order valence-corrected chi connectivity index (χ2v) is 4.80. The third-order valence-electron chi connectivity index (χ3n) is 2.53. The zero-order chi connectivity index (χ0) is 13.7. The summed E-state index contributed by atoms with van der Waals surface area (Å²) in [6.07, 6.45) is 1.51. The lowest BCUT2D eigenvalue weighted by molar-refractivity contribution is 0.0946. The Kier molecular flexibility index (Phi) is 4.48. The summed E-state index contributed by atoms with van der Waals surface area (Å²) in [5.41, 5.74) is 4.50. The number of hydrogen-bond donors (Lipinski definition) is 3. The van der Waals surface area contributed by atoms with E-state index in [0.717, 1.165) is 10.0 Å². The maximum absolute atomic E-state index is 11.9. The number of rotatable bonds is 4. The zero-order valence-corrected chi connectivity index (χ0v) is 11.6. The SMILES string of the molecule is NNc1ccc(C(=O)NCc2ccc(Br)cc2)nc1. The molecule has 6 heteroatoms. The summed E-state index contributed by atoms with van der Waals surface area (Å²) in [7, 11) is 0. The molecule has 2 rings (SSSR count). The molecule has 0 saturated carbocycles. The number of nitrogen functional groups attached to an aromatic ring is 1. The third-order valence-corrected chi connectivity index (χ3v) is 3.06. The standard InChI is InChI=1S/C13H13BrN4O/c14-10-3-1-9(2-4-10)7-17-13(19)12-6-5-11(18-15)8-16-12/h1-6,8,18H,7,15H2,(H,17,19). The van der Waals surface area contributed by atoms with E-state index in [1.165, 1.54) is 6.20 Å². The summed E-state index contributed by atoms with van der Waals surface area (Å²) in [5, 5.41) is 2.80. The van der Waals surface area contributed by atoms with Crippen molar-refractivity contribution in [1.29, 1.82) is 0 Å². The summed E-state index contributed by atoms with van der Waals surface area (Å²) in [6, 6.07) is 11.1. The van der Waals surface area contributed by atoms with Gasteiger partial charge in [0.15, 0.2) is 0 Å². The fraction of sp³-hybridized carbons (Fsp3) is 0.0769. The van der Waals surface area contributed by atoms with Crippen LogP contribution in [-0.2, 0) is 6.54 Å². The first-order valence-corrected chi connectivity index (χ1v) is 6.43. The number of hydrogen-bond acceptors (Lipinski definition) is 4. The van der Waals surface area contributed by atoms with Gasteiger partial charge in [0.25, 0.3) is 5.91 Å². The molecule has 0 aliphatic rings. The first-order chi connectivity index (χ1) is 9.19. The van der Waals surface area contributed by atoms with E-state index >= 15 is 0 Å². The maximum Gasteiger partial charge on any atom is 0.270 e. The molecule has 4 N–H and O–H groups in total. The van der Waals surface area contributed by atoms with Crippen molar-refractivity contribution in [3.05, 3.63) is 58.3 Å². The van der Waals surface area contributed by atoms with Crippen LogP contribution >= 0.6 is 15.9 Å². The van der Waals surface area contributed by atoms with Crippen LogP contribution in [0.3, 0.4) is 0 Å². The van der Waals surface area contributed by atoms with Crippen molar-refractivity contribution in [1.82, 2.24) is 10.3 Å². The maximum atomic E-state index is 11.9. The molecule has 1 amide bonds.